The van der Waals surface area contributed by atoms with Gasteiger partial charge in [0.15, 0.2) is 0 Å². The minimum atomic E-state index is 0.221. The van der Waals surface area contributed by atoms with Gasteiger partial charge in [-0.15, -0.1) is 21.5 Å². The van der Waals surface area contributed by atoms with Gasteiger partial charge < -0.3 is 4.90 Å². The van der Waals surface area contributed by atoms with Crippen LogP contribution in [0, 0.1) is 5.92 Å². The van der Waals surface area contributed by atoms with Gasteiger partial charge in [-0.25, -0.2) is 0 Å². The lowest BCUT2D eigenvalue weighted by molar-refractivity contribution is -0.139. The first-order chi connectivity index (χ1) is 10.8. The van der Waals surface area contributed by atoms with Gasteiger partial charge >= 0.3 is 0 Å². The third-order valence-corrected chi connectivity index (χ3v) is 5.55. The largest absolute Gasteiger partial charge is 0.338 e. The highest BCUT2D eigenvalue weighted by Gasteiger charge is 2.35. The SMILES string of the molecule is O=C(C1CCC1)N1CCC[C@H]1Cn1nnc(-c2cccs2)n1. The lowest BCUT2D eigenvalue weighted by atomic mass is 9.84. The van der Waals surface area contributed by atoms with Gasteiger partial charge in [-0.2, -0.15) is 4.80 Å². The quantitative estimate of drug-likeness (QED) is 0.867. The first-order valence-corrected chi connectivity index (χ1v) is 8.81. The van der Waals surface area contributed by atoms with Crippen molar-refractivity contribution in [1.82, 2.24) is 25.1 Å². The van der Waals surface area contributed by atoms with Crippen LogP contribution in [0.5, 0.6) is 0 Å². The number of hydrogen-bond donors (Lipinski definition) is 0. The van der Waals surface area contributed by atoms with E-state index in [0.717, 1.165) is 37.1 Å². The third kappa shape index (κ3) is 2.54. The van der Waals surface area contributed by atoms with Crippen LogP contribution in [0.25, 0.3) is 10.7 Å². The molecule has 0 N–H and O–H groups in total. The van der Waals surface area contributed by atoms with Crippen LogP contribution in [-0.2, 0) is 11.3 Å². The molecular weight excluding hydrogens is 298 g/mol. The highest BCUT2D eigenvalue weighted by Crippen LogP contribution is 2.31. The van der Waals surface area contributed by atoms with Crippen LogP contribution in [0.3, 0.4) is 0 Å². The summed E-state index contributed by atoms with van der Waals surface area (Å²) >= 11 is 1.61. The van der Waals surface area contributed by atoms with E-state index in [2.05, 4.69) is 20.3 Å². The maximum absolute atomic E-state index is 12.5. The number of amides is 1. The molecule has 1 atom stereocenters. The summed E-state index contributed by atoms with van der Waals surface area (Å²) in [5.41, 5.74) is 0. The molecule has 1 saturated carbocycles. The number of nitrogens with zero attached hydrogens (tertiary/aromatic N) is 5. The third-order valence-electron chi connectivity index (χ3n) is 4.68. The van der Waals surface area contributed by atoms with Gasteiger partial charge in [0.05, 0.1) is 17.5 Å². The molecule has 1 aliphatic carbocycles. The van der Waals surface area contributed by atoms with Crippen LogP contribution in [0.1, 0.15) is 32.1 Å². The zero-order valence-electron chi connectivity index (χ0n) is 12.4. The average Bonchev–Trinajstić information content (AvgIpc) is 3.18. The second kappa shape index (κ2) is 5.79. The molecule has 0 bridgehead atoms. The van der Waals surface area contributed by atoms with E-state index in [4.69, 9.17) is 0 Å². The first kappa shape index (κ1) is 13.9. The molecule has 2 aromatic rings. The van der Waals surface area contributed by atoms with Crippen molar-refractivity contribution in [3.8, 4) is 10.7 Å². The number of aromatic nitrogens is 4. The fourth-order valence-electron chi connectivity index (χ4n) is 3.22. The Bertz CT molecular complexity index is 649. The van der Waals surface area contributed by atoms with E-state index >= 15 is 0 Å². The summed E-state index contributed by atoms with van der Waals surface area (Å²) in [6.45, 7) is 1.53. The molecule has 2 aromatic heterocycles. The molecule has 0 unspecified atom stereocenters. The molecule has 22 heavy (non-hydrogen) atoms. The summed E-state index contributed by atoms with van der Waals surface area (Å²) < 4.78 is 0. The smallest absolute Gasteiger partial charge is 0.225 e. The number of carbonyl (C=O) groups is 1. The van der Waals surface area contributed by atoms with E-state index in [-0.39, 0.29) is 12.0 Å². The number of hydrogen-bond acceptors (Lipinski definition) is 5. The van der Waals surface area contributed by atoms with Crippen LogP contribution in [0.2, 0.25) is 0 Å². The monoisotopic (exact) mass is 317 g/mol. The fourth-order valence-corrected chi connectivity index (χ4v) is 3.87. The lowest BCUT2D eigenvalue weighted by Gasteiger charge is -2.32. The molecule has 7 heteroatoms. The van der Waals surface area contributed by atoms with Crippen LogP contribution >= 0.6 is 11.3 Å². The molecule has 1 saturated heterocycles. The highest BCUT2D eigenvalue weighted by molar-refractivity contribution is 7.13. The molecule has 3 heterocycles. The van der Waals surface area contributed by atoms with Gasteiger partial charge in [0.2, 0.25) is 11.7 Å². The van der Waals surface area contributed by atoms with E-state index < -0.39 is 0 Å². The van der Waals surface area contributed by atoms with Crippen LogP contribution in [0.4, 0.5) is 0 Å². The van der Waals surface area contributed by atoms with Crippen molar-refractivity contribution in [3.05, 3.63) is 17.5 Å². The van der Waals surface area contributed by atoms with Gasteiger partial charge in [0.1, 0.15) is 0 Å². The number of thiophene rings is 1. The zero-order chi connectivity index (χ0) is 14.9. The Kier molecular flexibility index (Phi) is 3.65. The highest BCUT2D eigenvalue weighted by atomic mass is 32.1. The minimum Gasteiger partial charge on any atom is -0.338 e. The summed E-state index contributed by atoms with van der Waals surface area (Å²) in [6.07, 6.45) is 5.44. The van der Waals surface area contributed by atoms with Crippen molar-refractivity contribution >= 4 is 17.2 Å². The second-order valence-electron chi connectivity index (χ2n) is 6.10. The average molecular weight is 317 g/mol. The Morgan fingerprint density at radius 1 is 1.32 bits per heavy atom. The lowest BCUT2D eigenvalue weighted by Crippen LogP contribution is -2.43. The number of rotatable bonds is 4. The maximum Gasteiger partial charge on any atom is 0.225 e. The molecule has 2 fully saturated rings. The van der Waals surface area contributed by atoms with Crippen molar-refractivity contribution in [2.75, 3.05) is 6.54 Å². The Morgan fingerprint density at radius 2 is 2.23 bits per heavy atom. The van der Waals surface area contributed by atoms with Gasteiger partial charge in [-0.05, 0) is 42.3 Å². The van der Waals surface area contributed by atoms with Gasteiger partial charge in [-0.1, -0.05) is 12.5 Å². The summed E-state index contributed by atoms with van der Waals surface area (Å²) in [7, 11) is 0. The van der Waals surface area contributed by atoms with Crippen LogP contribution < -0.4 is 0 Å². The summed E-state index contributed by atoms with van der Waals surface area (Å²) in [6, 6.07) is 4.20. The molecule has 4 rings (SSSR count). The fraction of sp³-hybridized carbons (Fsp3) is 0.600. The molecule has 6 nitrogen and oxygen atoms in total. The molecule has 2 aliphatic rings. The molecule has 0 radical (unpaired) electrons. The van der Waals surface area contributed by atoms with E-state index in [9.17, 15) is 4.79 Å². The van der Waals surface area contributed by atoms with E-state index in [0.29, 0.717) is 18.3 Å². The Balaban J connectivity index is 1.44. The zero-order valence-corrected chi connectivity index (χ0v) is 13.2. The van der Waals surface area contributed by atoms with Crippen LogP contribution in [-0.4, -0.2) is 43.6 Å². The summed E-state index contributed by atoms with van der Waals surface area (Å²) in [4.78, 5) is 17.2. The molecule has 116 valence electrons. The second-order valence-corrected chi connectivity index (χ2v) is 7.05. The standard InChI is InChI=1S/C15H19N5OS/c21-15(11-4-1-5-11)19-8-2-6-12(19)10-20-17-14(16-18-20)13-7-3-9-22-13/h3,7,9,11-12H,1-2,4-6,8,10H2/t12-/m0/s1. The Morgan fingerprint density at radius 3 is 2.95 bits per heavy atom. The van der Waals surface area contributed by atoms with Crippen molar-refractivity contribution in [2.45, 2.75) is 44.7 Å². The predicted molar refractivity (Wildman–Crippen MR) is 83.2 cm³/mol. The van der Waals surface area contributed by atoms with Gasteiger partial charge in [-0.3, -0.25) is 4.79 Å². The van der Waals surface area contributed by atoms with Crippen molar-refractivity contribution in [3.63, 3.8) is 0 Å². The molecule has 1 amide bonds. The summed E-state index contributed by atoms with van der Waals surface area (Å²) in [5, 5.41) is 14.7. The van der Waals surface area contributed by atoms with E-state index in [1.165, 1.54) is 6.42 Å². The number of carbonyl (C=O) groups excluding carboxylic acids is 1. The normalized spacial score (nSPS) is 22.0. The Hall–Kier alpha value is -1.76. The van der Waals surface area contributed by atoms with Crippen molar-refractivity contribution in [1.29, 1.82) is 0 Å². The Labute approximate surface area is 133 Å². The van der Waals surface area contributed by atoms with Crippen LogP contribution in [0.15, 0.2) is 17.5 Å². The molecular formula is C15H19N5OS. The number of tetrazole rings is 1. The minimum absolute atomic E-state index is 0.221. The predicted octanol–water partition coefficient (Wildman–Crippen LogP) is 2.19. The first-order valence-electron chi connectivity index (χ1n) is 7.93. The van der Waals surface area contributed by atoms with Crippen molar-refractivity contribution in [2.24, 2.45) is 5.92 Å². The summed E-state index contributed by atoms with van der Waals surface area (Å²) in [5.74, 6) is 1.28. The topological polar surface area (TPSA) is 63.9 Å². The molecule has 1 aliphatic heterocycles. The molecule has 0 spiro atoms. The molecule has 0 aromatic carbocycles. The van der Waals surface area contributed by atoms with Gasteiger partial charge in [0.25, 0.3) is 0 Å². The number of likely N-dealkylation sites (tertiary alicyclic amines) is 1. The van der Waals surface area contributed by atoms with Crippen molar-refractivity contribution < 1.29 is 4.79 Å². The van der Waals surface area contributed by atoms with E-state index in [1.54, 1.807) is 16.1 Å². The van der Waals surface area contributed by atoms with Gasteiger partial charge in [0, 0.05) is 12.5 Å². The maximum atomic E-state index is 12.5. The van der Waals surface area contributed by atoms with E-state index in [1.807, 2.05) is 17.5 Å².